The van der Waals surface area contributed by atoms with Gasteiger partial charge in [-0.3, -0.25) is 4.98 Å². The lowest BCUT2D eigenvalue weighted by atomic mass is 10.2. The molecule has 24 heavy (non-hydrogen) atoms. The van der Waals surface area contributed by atoms with Gasteiger partial charge in [0.2, 0.25) is 10.0 Å². The van der Waals surface area contributed by atoms with E-state index in [2.05, 4.69) is 21.5 Å². The Bertz CT molecular complexity index is 752. The molecule has 0 spiro atoms. The summed E-state index contributed by atoms with van der Waals surface area (Å²) in [6, 6.07) is 6.77. The fraction of sp³-hybridized carbons (Fsp3) is 0.471. The first-order valence-electron chi connectivity index (χ1n) is 7.97. The van der Waals surface area contributed by atoms with E-state index in [-0.39, 0.29) is 18.4 Å². The molecular weight excluding hydrogens is 346 g/mol. The summed E-state index contributed by atoms with van der Waals surface area (Å²) in [7, 11) is -1.50. The Labute approximate surface area is 150 Å². The van der Waals surface area contributed by atoms with Crippen molar-refractivity contribution in [2.75, 3.05) is 20.1 Å². The van der Waals surface area contributed by atoms with Crippen LogP contribution in [0.4, 0.5) is 0 Å². The normalized spacial score (nSPS) is 13.0. The molecule has 0 aliphatic carbocycles. The number of halogens is 1. The van der Waals surface area contributed by atoms with E-state index >= 15 is 0 Å². The molecule has 0 saturated carbocycles. The zero-order chi connectivity index (χ0) is 16.9. The zero-order valence-electron chi connectivity index (χ0n) is 14.4. The maximum Gasteiger partial charge on any atom is 0.240 e. The predicted octanol–water partition coefficient (Wildman–Crippen LogP) is 3.06. The number of fused-ring (bicyclic) bond motifs is 1. The standard InChI is InChI=1S/C17H25N3O2S.ClH/c1-4-5-10-20(3)13-14(2)19-23(21,22)17-7-6-16-12-18-9-8-15(16)11-17;/h6-9,11-12,14,19H,4-5,10,13H2,1-3H3;1H. The van der Waals surface area contributed by atoms with Gasteiger partial charge in [0.1, 0.15) is 0 Å². The molecule has 2 aromatic rings. The van der Waals surface area contributed by atoms with Crippen LogP contribution >= 0.6 is 12.4 Å². The number of unbranched alkanes of at least 4 members (excludes halogenated alkanes) is 1. The summed E-state index contributed by atoms with van der Waals surface area (Å²) in [5.74, 6) is 0. The van der Waals surface area contributed by atoms with E-state index in [0.29, 0.717) is 11.4 Å². The van der Waals surface area contributed by atoms with Crippen LogP contribution in [0.3, 0.4) is 0 Å². The molecule has 0 saturated heterocycles. The van der Waals surface area contributed by atoms with E-state index < -0.39 is 10.0 Å². The largest absolute Gasteiger partial charge is 0.305 e. The summed E-state index contributed by atoms with van der Waals surface area (Å²) in [6.45, 7) is 5.71. The SMILES string of the molecule is CCCCN(C)CC(C)NS(=O)(=O)c1ccc2cnccc2c1.Cl. The molecule has 0 aliphatic rings. The van der Waals surface area contributed by atoms with Crippen molar-refractivity contribution in [3.8, 4) is 0 Å². The molecular formula is C17H26ClN3O2S. The first-order chi connectivity index (χ1) is 10.9. The number of nitrogens with zero attached hydrogens (tertiary/aromatic N) is 2. The second-order valence-corrected chi connectivity index (χ2v) is 7.74. The number of hydrogen-bond donors (Lipinski definition) is 1. The van der Waals surface area contributed by atoms with Crippen molar-refractivity contribution < 1.29 is 8.42 Å². The van der Waals surface area contributed by atoms with E-state index in [0.717, 1.165) is 30.2 Å². The van der Waals surface area contributed by atoms with Crippen molar-refractivity contribution in [3.63, 3.8) is 0 Å². The van der Waals surface area contributed by atoms with Crippen LogP contribution < -0.4 is 4.72 Å². The van der Waals surface area contributed by atoms with Gasteiger partial charge in [-0.05, 0) is 50.5 Å². The highest BCUT2D eigenvalue weighted by atomic mass is 35.5. The highest BCUT2D eigenvalue weighted by molar-refractivity contribution is 7.89. The Morgan fingerprint density at radius 3 is 2.71 bits per heavy atom. The Morgan fingerprint density at radius 2 is 2.00 bits per heavy atom. The molecule has 0 radical (unpaired) electrons. The number of aromatic nitrogens is 1. The van der Waals surface area contributed by atoms with Crippen LogP contribution in [0.2, 0.25) is 0 Å². The molecule has 0 aliphatic heterocycles. The maximum atomic E-state index is 12.5. The van der Waals surface area contributed by atoms with Crippen LogP contribution in [0.1, 0.15) is 26.7 Å². The monoisotopic (exact) mass is 371 g/mol. The van der Waals surface area contributed by atoms with Crippen molar-refractivity contribution >= 4 is 33.2 Å². The average Bonchev–Trinajstić information content (AvgIpc) is 2.51. The third-order valence-corrected chi connectivity index (χ3v) is 5.34. The number of sulfonamides is 1. The quantitative estimate of drug-likeness (QED) is 0.774. The van der Waals surface area contributed by atoms with Crippen LogP contribution in [0.15, 0.2) is 41.6 Å². The van der Waals surface area contributed by atoms with Gasteiger partial charge in [-0.2, -0.15) is 0 Å². The fourth-order valence-electron chi connectivity index (χ4n) is 2.59. The van der Waals surface area contributed by atoms with Gasteiger partial charge in [-0.1, -0.05) is 19.4 Å². The van der Waals surface area contributed by atoms with Crippen LogP contribution in [0.5, 0.6) is 0 Å². The second kappa shape index (κ2) is 9.32. The van der Waals surface area contributed by atoms with Crippen LogP contribution in [-0.4, -0.2) is 44.5 Å². The Morgan fingerprint density at radius 1 is 1.25 bits per heavy atom. The zero-order valence-corrected chi connectivity index (χ0v) is 16.0. The Hall–Kier alpha value is -1.21. The van der Waals surface area contributed by atoms with E-state index in [1.54, 1.807) is 30.6 Å². The van der Waals surface area contributed by atoms with Gasteiger partial charge >= 0.3 is 0 Å². The number of nitrogens with one attached hydrogen (secondary N) is 1. The molecule has 1 heterocycles. The van der Waals surface area contributed by atoms with Crippen LogP contribution in [-0.2, 0) is 10.0 Å². The number of hydrogen-bond acceptors (Lipinski definition) is 4. The van der Waals surface area contributed by atoms with Gasteiger partial charge in [0.15, 0.2) is 0 Å². The van der Waals surface area contributed by atoms with Gasteiger partial charge in [-0.15, -0.1) is 12.4 Å². The first-order valence-corrected chi connectivity index (χ1v) is 9.45. The molecule has 1 aromatic carbocycles. The lowest BCUT2D eigenvalue weighted by Crippen LogP contribution is -2.40. The first kappa shape index (κ1) is 20.8. The van der Waals surface area contributed by atoms with Gasteiger partial charge < -0.3 is 4.90 Å². The lowest BCUT2D eigenvalue weighted by Gasteiger charge is -2.22. The smallest absolute Gasteiger partial charge is 0.240 e. The number of benzene rings is 1. The van der Waals surface area contributed by atoms with Gasteiger partial charge in [0.25, 0.3) is 0 Å². The van der Waals surface area contributed by atoms with Crippen molar-refractivity contribution in [3.05, 3.63) is 36.7 Å². The van der Waals surface area contributed by atoms with Crippen molar-refractivity contribution in [2.24, 2.45) is 0 Å². The van der Waals surface area contributed by atoms with Crippen LogP contribution in [0, 0.1) is 0 Å². The average molecular weight is 372 g/mol. The number of rotatable bonds is 8. The minimum atomic E-state index is -3.51. The molecule has 7 heteroatoms. The summed E-state index contributed by atoms with van der Waals surface area (Å²) < 4.78 is 27.8. The summed E-state index contributed by atoms with van der Waals surface area (Å²) in [6.07, 6.45) is 5.65. The molecule has 5 nitrogen and oxygen atoms in total. The summed E-state index contributed by atoms with van der Waals surface area (Å²) >= 11 is 0. The van der Waals surface area contributed by atoms with Gasteiger partial charge in [0.05, 0.1) is 4.90 Å². The Balaban J connectivity index is 0.00000288. The van der Waals surface area contributed by atoms with Crippen molar-refractivity contribution in [2.45, 2.75) is 37.6 Å². The summed E-state index contributed by atoms with van der Waals surface area (Å²) in [5, 5.41) is 1.80. The van der Waals surface area contributed by atoms with Crippen molar-refractivity contribution in [1.82, 2.24) is 14.6 Å². The third-order valence-electron chi connectivity index (χ3n) is 3.76. The number of pyridine rings is 1. The molecule has 1 atom stereocenters. The highest BCUT2D eigenvalue weighted by Crippen LogP contribution is 2.18. The molecule has 0 bridgehead atoms. The van der Waals surface area contributed by atoms with E-state index in [1.165, 1.54) is 0 Å². The fourth-order valence-corrected chi connectivity index (χ4v) is 3.86. The molecule has 1 N–H and O–H groups in total. The molecule has 2 rings (SSSR count). The predicted molar refractivity (Wildman–Crippen MR) is 101 cm³/mol. The van der Waals surface area contributed by atoms with E-state index in [4.69, 9.17) is 0 Å². The molecule has 0 amide bonds. The van der Waals surface area contributed by atoms with Crippen LogP contribution in [0.25, 0.3) is 10.8 Å². The lowest BCUT2D eigenvalue weighted by molar-refractivity contribution is 0.304. The Kier molecular flexibility index (Phi) is 8.09. The summed E-state index contributed by atoms with van der Waals surface area (Å²) in [5.41, 5.74) is 0. The highest BCUT2D eigenvalue weighted by Gasteiger charge is 2.18. The van der Waals surface area contributed by atoms with Gasteiger partial charge in [-0.25, -0.2) is 13.1 Å². The van der Waals surface area contributed by atoms with E-state index in [1.807, 2.05) is 20.0 Å². The van der Waals surface area contributed by atoms with Crippen molar-refractivity contribution in [1.29, 1.82) is 0 Å². The molecule has 0 fully saturated rings. The maximum absolute atomic E-state index is 12.5. The molecule has 134 valence electrons. The van der Waals surface area contributed by atoms with Gasteiger partial charge in [0, 0.05) is 30.4 Å². The molecule has 1 aromatic heterocycles. The number of likely N-dealkylation sites (N-methyl/N-ethyl adjacent to an activating group) is 1. The minimum Gasteiger partial charge on any atom is -0.305 e. The second-order valence-electron chi connectivity index (χ2n) is 6.02. The summed E-state index contributed by atoms with van der Waals surface area (Å²) in [4.78, 5) is 6.49. The molecule has 1 unspecified atom stereocenters. The topological polar surface area (TPSA) is 62.3 Å². The third kappa shape index (κ3) is 5.70. The van der Waals surface area contributed by atoms with E-state index in [9.17, 15) is 8.42 Å². The minimum absolute atomic E-state index is 0.